The van der Waals surface area contributed by atoms with E-state index in [2.05, 4.69) is 24.1 Å². The van der Waals surface area contributed by atoms with Crippen molar-refractivity contribution in [2.75, 3.05) is 11.9 Å². The fraction of sp³-hybridized carbons (Fsp3) is 0.500. The van der Waals surface area contributed by atoms with Crippen LogP contribution >= 0.6 is 0 Å². The minimum atomic E-state index is 0.244. The molecule has 1 unspecified atom stereocenters. The third-order valence-electron chi connectivity index (χ3n) is 2.29. The topological polar surface area (TPSA) is 74.7 Å². The largest absolute Gasteiger partial charge is 0.381 e. The highest BCUT2D eigenvalue weighted by Gasteiger charge is 2.08. The van der Waals surface area contributed by atoms with Gasteiger partial charge in [-0.25, -0.2) is 4.98 Å². The van der Waals surface area contributed by atoms with E-state index in [1.807, 2.05) is 12.1 Å². The van der Waals surface area contributed by atoms with Gasteiger partial charge >= 0.3 is 0 Å². The van der Waals surface area contributed by atoms with E-state index in [1.165, 1.54) is 0 Å². The first-order valence-electron chi connectivity index (χ1n) is 5.48. The summed E-state index contributed by atoms with van der Waals surface area (Å²) in [7, 11) is 0. The van der Waals surface area contributed by atoms with Crippen molar-refractivity contribution in [1.82, 2.24) is 4.98 Å². The Balaban J connectivity index is 2.67. The van der Waals surface area contributed by atoms with Crippen molar-refractivity contribution >= 4 is 5.69 Å². The molecule has 4 heteroatoms. The Hall–Kier alpha value is -1.60. The molecule has 1 atom stereocenters. The Labute approximate surface area is 96.5 Å². The second-order valence-corrected chi connectivity index (χ2v) is 4.25. The van der Waals surface area contributed by atoms with Gasteiger partial charge in [0.25, 0.3) is 0 Å². The highest BCUT2D eigenvalue weighted by atomic mass is 14.9. The standard InChI is InChI=1S/C12H18N4/c1-9(2)5-12(8-14)16-10-3-4-15-11(6-10)7-13/h3-4,6,9,12H,5,8,14H2,1-2H3,(H,15,16). The molecule has 0 amide bonds. The van der Waals surface area contributed by atoms with E-state index in [9.17, 15) is 0 Å². The quantitative estimate of drug-likeness (QED) is 0.789. The Morgan fingerprint density at radius 1 is 1.56 bits per heavy atom. The van der Waals surface area contributed by atoms with Crippen molar-refractivity contribution in [3.05, 3.63) is 24.0 Å². The van der Waals surface area contributed by atoms with Crippen molar-refractivity contribution < 1.29 is 0 Å². The van der Waals surface area contributed by atoms with Crippen LogP contribution in [0.5, 0.6) is 0 Å². The van der Waals surface area contributed by atoms with Gasteiger partial charge in [-0.3, -0.25) is 0 Å². The molecule has 16 heavy (non-hydrogen) atoms. The Morgan fingerprint density at radius 2 is 2.31 bits per heavy atom. The highest BCUT2D eigenvalue weighted by molar-refractivity contribution is 5.46. The molecule has 0 aliphatic heterocycles. The van der Waals surface area contributed by atoms with Gasteiger partial charge in [-0.1, -0.05) is 13.8 Å². The predicted molar refractivity (Wildman–Crippen MR) is 64.9 cm³/mol. The lowest BCUT2D eigenvalue weighted by atomic mass is 10.0. The molecule has 0 fully saturated rings. The second-order valence-electron chi connectivity index (χ2n) is 4.25. The van der Waals surface area contributed by atoms with Crippen LogP contribution in [0.2, 0.25) is 0 Å². The predicted octanol–water partition coefficient (Wildman–Crippen LogP) is 1.74. The van der Waals surface area contributed by atoms with E-state index in [0.717, 1.165) is 12.1 Å². The van der Waals surface area contributed by atoms with Crippen LogP contribution in [0.15, 0.2) is 18.3 Å². The van der Waals surface area contributed by atoms with E-state index in [-0.39, 0.29) is 6.04 Å². The summed E-state index contributed by atoms with van der Waals surface area (Å²) < 4.78 is 0. The number of nitrogens with one attached hydrogen (secondary N) is 1. The minimum Gasteiger partial charge on any atom is -0.381 e. The minimum absolute atomic E-state index is 0.244. The molecule has 1 rings (SSSR count). The zero-order valence-corrected chi connectivity index (χ0v) is 9.77. The Bertz CT molecular complexity index is 368. The number of rotatable bonds is 5. The number of aromatic nitrogens is 1. The third-order valence-corrected chi connectivity index (χ3v) is 2.29. The number of anilines is 1. The Kier molecular flexibility index (Phi) is 4.74. The summed E-state index contributed by atoms with van der Waals surface area (Å²) in [6.45, 7) is 4.91. The molecule has 0 saturated heterocycles. The molecule has 0 aliphatic rings. The first kappa shape index (κ1) is 12.5. The average Bonchev–Trinajstić information content (AvgIpc) is 2.28. The number of nitrogens with zero attached hydrogens (tertiary/aromatic N) is 2. The maximum absolute atomic E-state index is 8.73. The number of nitrogens with two attached hydrogens (primary N) is 1. The maximum Gasteiger partial charge on any atom is 0.142 e. The maximum atomic E-state index is 8.73. The lowest BCUT2D eigenvalue weighted by molar-refractivity contribution is 0.522. The van der Waals surface area contributed by atoms with Gasteiger partial charge in [0, 0.05) is 24.5 Å². The summed E-state index contributed by atoms with van der Waals surface area (Å²) >= 11 is 0. The van der Waals surface area contributed by atoms with Crippen LogP contribution in [-0.2, 0) is 0 Å². The molecular formula is C12H18N4. The first-order valence-corrected chi connectivity index (χ1v) is 5.48. The van der Waals surface area contributed by atoms with Crippen molar-refractivity contribution in [1.29, 1.82) is 5.26 Å². The summed E-state index contributed by atoms with van der Waals surface area (Å²) in [4.78, 5) is 3.92. The van der Waals surface area contributed by atoms with Crippen LogP contribution < -0.4 is 11.1 Å². The lowest BCUT2D eigenvalue weighted by Gasteiger charge is -2.19. The number of hydrogen-bond donors (Lipinski definition) is 2. The van der Waals surface area contributed by atoms with Gasteiger partial charge in [0.05, 0.1) is 0 Å². The van der Waals surface area contributed by atoms with Gasteiger partial charge < -0.3 is 11.1 Å². The molecule has 0 aromatic carbocycles. The van der Waals surface area contributed by atoms with Crippen molar-refractivity contribution in [3.8, 4) is 6.07 Å². The molecule has 3 N–H and O–H groups in total. The van der Waals surface area contributed by atoms with Crippen LogP contribution in [0.1, 0.15) is 26.0 Å². The smallest absolute Gasteiger partial charge is 0.142 e. The van der Waals surface area contributed by atoms with E-state index in [1.54, 1.807) is 12.3 Å². The van der Waals surface area contributed by atoms with E-state index >= 15 is 0 Å². The molecule has 0 aliphatic carbocycles. The normalized spacial score (nSPS) is 12.2. The fourth-order valence-electron chi connectivity index (χ4n) is 1.60. The molecule has 0 saturated carbocycles. The molecular weight excluding hydrogens is 200 g/mol. The SMILES string of the molecule is CC(C)CC(CN)Nc1ccnc(C#N)c1. The summed E-state index contributed by atoms with van der Waals surface area (Å²) in [6.07, 6.45) is 2.64. The van der Waals surface area contributed by atoms with Gasteiger partial charge in [0.15, 0.2) is 0 Å². The van der Waals surface area contributed by atoms with Crippen LogP contribution in [0.4, 0.5) is 5.69 Å². The van der Waals surface area contributed by atoms with Crippen molar-refractivity contribution in [3.63, 3.8) is 0 Å². The van der Waals surface area contributed by atoms with Gasteiger partial charge in [-0.2, -0.15) is 5.26 Å². The van der Waals surface area contributed by atoms with E-state index < -0.39 is 0 Å². The number of hydrogen-bond acceptors (Lipinski definition) is 4. The van der Waals surface area contributed by atoms with Gasteiger partial charge in [0.1, 0.15) is 11.8 Å². The summed E-state index contributed by atoms with van der Waals surface area (Å²) in [5.41, 5.74) is 7.02. The van der Waals surface area contributed by atoms with E-state index in [0.29, 0.717) is 18.2 Å². The van der Waals surface area contributed by atoms with Crippen LogP contribution in [0, 0.1) is 17.2 Å². The summed E-state index contributed by atoms with van der Waals surface area (Å²) in [5, 5.41) is 12.1. The number of pyridine rings is 1. The zero-order valence-electron chi connectivity index (χ0n) is 9.77. The van der Waals surface area contributed by atoms with Crippen LogP contribution in [-0.4, -0.2) is 17.6 Å². The molecule has 86 valence electrons. The first-order chi connectivity index (χ1) is 7.65. The molecule has 4 nitrogen and oxygen atoms in total. The molecule has 1 aromatic rings. The average molecular weight is 218 g/mol. The van der Waals surface area contributed by atoms with Crippen molar-refractivity contribution in [2.24, 2.45) is 11.7 Å². The van der Waals surface area contributed by atoms with Gasteiger partial charge in [0.2, 0.25) is 0 Å². The fourth-order valence-corrected chi connectivity index (χ4v) is 1.60. The molecule has 1 aromatic heterocycles. The van der Waals surface area contributed by atoms with E-state index in [4.69, 9.17) is 11.0 Å². The number of nitriles is 1. The molecule has 0 bridgehead atoms. The van der Waals surface area contributed by atoms with Crippen molar-refractivity contribution in [2.45, 2.75) is 26.3 Å². The lowest BCUT2D eigenvalue weighted by Crippen LogP contribution is -2.30. The summed E-state index contributed by atoms with van der Waals surface area (Å²) in [6, 6.07) is 5.85. The highest BCUT2D eigenvalue weighted by Crippen LogP contribution is 2.12. The second kappa shape index (κ2) is 6.09. The van der Waals surface area contributed by atoms with Gasteiger partial charge in [-0.15, -0.1) is 0 Å². The third kappa shape index (κ3) is 3.87. The van der Waals surface area contributed by atoms with Gasteiger partial charge in [-0.05, 0) is 24.5 Å². The van der Waals surface area contributed by atoms with Crippen LogP contribution in [0.3, 0.4) is 0 Å². The monoisotopic (exact) mass is 218 g/mol. The molecule has 0 radical (unpaired) electrons. The summed E-state index contributed by atoms with van der Waals surface area (Å²) in [5.74, 6) is 0.596. The molecule has 0 spiro atoms. The van der Waals surface area contributed by atoms with Crippen LogP contribution in [0.25, 0.3) is 0 Å². The Morgan fingerprint density at radius 3 is 2.88 bits per heavy atom. The molecule has 1 heterocycles. The zero-order chi connectivity index (χ0) is 12.0.